The quantitative estimate of drug-likeness (QED) is 0.704. The smallest absolute Gasteiger partial charge is 0.453 e. The van der Waals surface area contributed by atoms with E-state index in [2.05, 4.69) is 15.2 Å². The molecule has 158 valence electrons. The van der Waals surface area contributed by atoms with Gasteiger partial charge in [0.2, 0.25) is 0 Å². The number of hydrogen-bond donors (Lipinski definition) is 1. The van der Waals surface area contributed by atoms with Gasteiger partial charge in [-0.3, -0.25) is 14.3 Å². The molecule has 2 aromatic rings. The van der Waals surface area contributed by atoms with E-state index in [4.69, 9.17) is 4.74 Å². The van der Waals surface area contributed by atoms with Crippen molar-refractivity contribution in [3.63, 3.8) is 0 Å². The lowest BCUT2D eigenvalue weighted by molar-refractivity contribution is -0.274. The molecule has 10 heteroatoms. The second-order valence-electron chi connectivity index (χ2n) is 6.47. The minimum absolute atomic E-state index is 0.0917. The number of amides is 1. The average Bonchev–Trinajstić information content (AvgIpc) is 2.85. The van der Waals surface area contributed by atoms with Crippen LogP contribution in [-0.2, 0) is 27.8 Å². The number of ether oxygens (including phenoxy) is 2. The second kappa shape index (κ2) is 8.97. The van der Waals surface area contributed by atoms with Crippen LogP contribution in [0.25, 0.3) is 0 Å². The van der Waals surface area contributed by atoms with E-state index in [1.165, 1.54) is 19.1 Å². The summed E-state index contributed by atoms with van der Waals surface area (Å²) >= 11 is 0. The van der Waals surface area contributed by atoms with Crippen molar-refractivity contribution in [2.45, 2.75) is 46.1 Å². The molecule has 29 heavy (non-hydrogen) atoms. The number of halogens is 3. The highest BCUT2D eigenvalue weighted by molar-refractivity contribution is 5.95. The molecule has 0 radical (unpaired) electrons. The molecule has 1 unspecified atom stereocenters. The summed E-state index contributed by atoms with van der Waals surface area (Å²) in [5, 5.41) is 6.75. The van der Waals surface area contributed by atoms with Crippen molar-refractivity contribution in [3.8, 4) is 5.75 Å². The molecular weight excluding hydrogens is 391 g/mol. The van der Waals surface area contributed by atoms with Crippen molar-refractivity contribution in [1.29, 1.82) is 0 Å². The summed E-state index contributed by atoms with van der Waals surface area (Å²) in [6.45, 7) is 5.17. The number of nitrogens with zero attached hydrogens (tertiary/aromatic N) is 2. The number of aryl methyl sites for hydroxylation is 2. The molecule has 0 saturated heterocycles. The first kappa shape index (κ1) is 22.3. The van der Waals surface area contributed by atoms with Crippen LogP contribution < -0.4 is 10.1 Å². The third-order valence-electron chi connectivity index (χ3n) is 4.27. The van der Waals surface area contributed by atoms with E-state index in [1.807, 2.05) is 20.9 Å². The van der Waals surface area contributed by atoms with Crippen molar-refractivity contribution >= 4 is 17.6 Å². The van der Waals surface area contributed by atoms with Crippen molar-refractivity contribution in [1.82, 2.24) is 9.78 Å². The topological polar surface area (TPSA) is 82.5 Å². The number of carbonyl (C=O) groups excluding carboxylic acids is 2. The third kappa shape index (κ3) is 6.51. The van der Waals surface area contributed by atoms with Gasteiger partial charge in [-0.05, 0) is 57.0 Å². The van der Waals surface area contributed by atoms with Gasteiger partial charge in [0.25, 0.3) is 5.91 Å². The molecule has 0 aliphatic rings. The standard InChI is InChI=1S/C19H22F3N3O4/c1-11-16(12(2)25(4)24-11)9-10-17(26)28-13(3)18(27)23-14-5-7-15(8-6-14)29-19(20,21)22/h5-8,13H,9-10H2,1-4H3,(H,23,27). The van der Waals surface area contributed by atoms with E-state index in [-0.39, 0.29) is 12.1 Å². The fraction of sp³-hybridized carbons (Fsp3) is 0.421. The molecule has 0 fully saturated rings. The maximum atomic E-state index is 12.2. The molecule has 0 spiro atoms. The van der Waals surface area contributed by atoms with Gasteiger partial charge >= 0.3 is 12.3 Å². The zero-order chi connectivity index (χ0) is 21.8. The third-order valence-corrected chi connectivity index (χ3v) is 4.27. The van der Waals surface area contributed by atoms with Crippen LogP contribution in [-0.4, -0.2) is 34.1 Å². The molecule has 0 saturated carbocycles. The van der Waals surface area contributed by atoms with Gasteiger partial charge in [0, 0.05) is 24.8 Å². The normalized spacial score (nSPS) is 12.4. The Morgan fingerprint density at radius 2 is 1.83 bits per heavy atom. The Morgan fingerprint density at radius 3 is 2.34 bits per heavy atom. The van der Waals surface area contributed by atoms with Crippen molar-refractivity contribution < 1.29 is 32.2 Å². The number of carbonyl (C=O) groups is 2. The second-order valence-corrected chi connectivity index (χ2v) is 6.47. The predicted octanol–water partition coefficient (Wildman–Crippen LogP) is 3.44. The lowest BCUT2D eigenvalue weighted by Crippen LogP contribution is -2.30. The van der Waals surface area contributed by atoms with E-state index in [1.54, 1.807) is 4.68 Å². The summed E-state index contributed by atoms with van der Waals surface area (Å²) in [5.41, 5.74) is 3.00. The number of anilines is 1. The fourth-order valence-corrected chi connectivity index (χ4v) is 2.70. The van der Waals surface area contributed by atoms with E-state index in [0.717, 1.165) is 29.1 Å². The summed E-state index contributed by atoms with van der Waals surface area (Å²) in [4.78, 5) is 24.2. The molecular formula is C19H22F3N3O4. The Kier molecular flexibility index (Phi) is 6.89. The average molecular weight is 413 g/mol. The van der Waals surface area contributed by atoms with Crippen LogP contribution in [0.15, 0.2) is 24.3 Å². The highest BCUT2D eigenvalue weighted by atomic mass is 19.4. The van der Waals surface area contributed by atoms with Crippen LogP contribution in [0.5, 0.6) is 5.75 Å². The van der Waals surface area contributed by atoms with Crippen molar-refractivity contribution in [2.75, 3.05) is 5.32 Å². The Balaban J connectivity index is 1.84. The highest BCUT2D eigenvalue weighted by Crippen LogP contribution is 2.24. The van der Waals surface area contributed by atoms with Crippen LogP contribution >= 0.6 is 0 Å². The van der Waals surface area contributed by atoms with Gasteiger partial charge in [-0.2, -0.15) is 5.10 Å². The van der Waals surface area contributed by atoms with Gasteiger partial charge in [-0.25, -0.2) is 0 Å². The molecule has 7 nitrogen and oxygen atoms in total. The van der Waals surface area contributed by atoms with E-state index < -0.39 is 30.1 Å². The van der Waals surface area contributed by atoms with Gasteiger partial charge < -0.3 is 14.8 Å². The summed E-state index contributed by atoms with van der Waals surface area (Å²) in [6, 6.07) is 4.64. The molecule has 0 aliphatic carbocycles. The number of hydrogen-bond acceptors (Lipinski definition) is 5. The molecule has 1 aromatic heterocycles. The van der Waals surface area contributed by atoms with Crippen molar-refractivity contribution in [2.24, 2.45) is 7.05 Å². The lowest BCUT2D eigenvalue weighted by Gasteiger charge is -2.14. The van der Waals surface area contributed by atoms with Crippen LogP contribution in [0, 0.1) is 13.8 Å². The largest absolute Gasteiger partial charge is 0.573 e. The Hall–Kier alpha value is -3.04. The van der Waals surface area contributed by atoms with Gasteiger partial charge in [-0.15, -0.1) is 13.2 Å². The maximum Gasteiger partial charge on any atom is 0.573 e. The summed E-state index contributed by atoms with van der Waals surface area (Å²) in [7, 11) is 1.82. The molecule has 0 aliphatic heterocycles. The van der Waals surface area contributed by atoms with E-state index >= 15 is 0 Å². The van der Waals surface area contributed by atoms with E-state index in [9.17, 15) is 22.8 Å². The Bertz CT molecular complexity index is 876. The number of rotatable bonds is 7. The van der Waals surface area contributed by atoms with Gasteiger partial charge in [0.05, 0.1) is 5.69 Å². The molecule has 1 amide bonds. The molecule has 2 rings (SSSR count). The van der Waals surface area contributed by atoms with Gasteiger partial charge in [0.1, 0.15) is 5.75 Å². The first-order valence-electron chi connectivity index (χ1n) is 8.81. The minimum Gasteiger partial charge on any atom is -0.453 e. The molecule has 1 atom stereocenters. The van der Waals surface area contributed by atoms with Gasteiger partial charge in [-0.1, -0.05) is 0 Å². The monoisotopic (exact) mass is 413 g/mol. The number of benzene rings is 1. The Labute approximate surface area is 165 Å². The number of esters is 1. The van der Waals surface area contributed by atoms with Crippen LogP contribution in [0.2, 0.25) is 0 Å². The molecule has 1 heterocycles. The molecule has 0 bridgehead atoms. The molecule has 1 aromatic carbocycles. The first-order chi connectivity index (χ1) is 13.5. The fourth-order valence-electron chi connectivity index (χ4n) is 2.70. The van der Waals surface area contributed by atoms with Crippen molar-refractivity contribution in [3.05, 3.63) is 41.2 Å². The van der Waals surface area contributed by atoms with Crippen LogP contribution in [0.4, 0.5) is 18.9 Å². The Morgan fingerprint density at radius 1 is 1.21 bits per heavy atom. The predicted molar refractivity (Wildman–Crippen MR) is 98.3 cm³/mol. The summed E-state index contributed by atoms with van der Waals surface area (Å²) in [6.07, 6.45) is -5.32. The zero-order valence-electron chi connectivity index (χ0n) is 16.5. The van der Waals surface area contributed by atoms with Crippen LogP contribution in [0.1, 0.15) is 30.3 Å². The summed E-state index contributed by atoms with van der Waals surface area (Å²) in [5.74, 6) is -1.54. The number of aromatic nitrogens is 2. The summed E-state index contributed by atoms with van der Waals surface area (Å²) < 4.78 is 47.1. The lowest BCUT2D eigenvalue weighted by atomic mass is 10.1. The maximum absolute atomic E-state index is 12.2. The highest BCUT2D eigenvalue weighted by Gasteiger charge is 2.31. The van der Waals surface area contributed by atoms with Crippen LogP contribution in [0.3, 0.4) is 0 Å². The number of alkyl halides is 3. The number of nitrogens with one attached hydrogen (secondary N) is 1. The minimum atomic E-state index is -4.79. The molecule has 1 N–H and O–H groups in total. The van der Waals surface area contributed by atoms with E-state index in [0.29, 0.717) is 6.42 Å². The SMILES string of the molecule is Cc1nn(C)c(C)c1CCC(=O)OC(C)C(=O)Nc1ccc(OC(F)(F)F)cc1. The van der Waals surface area contributed by atoms with Gasteiger partial charge in [0.15, 0.2) is 6.10 Å². The zero-order valence-corrected chi connectivity index (χ0v) is 16.5. The first-order valence-corrected chi connectivity index (χ1v) is 8.81.